The Balaban J connectivity index is 1.71. The summed E-state index contributed by atoms with van der Waals surface area (Å²) in [5.74, 6) is 2.40. The number of fused-ring (bicyclic) bond motifs is 1. The first-order valence-electron chi connectivity index (χ1n) is 6.83. The van der Waals surface area contributed by atoms with Crippen molar-refractivity contribution in [2.45, 2.75) is 19.8 Å². The lowest BCUT2D eigenvalue weighted by molar-refractivity contribution is 0.217. The number of rotatable bonds is 3. The Morgan fingerprint density at radius 3 is 3.16 bits per heavy atom. The SMILES string of the molecule is Cc1nnc2c(NCC3CCCN(C)C3)nccn12. The minimum absolute atomic E-state index is 0.685. The van der Waals surface area contributed by atoms with E-state index >= 15 is 0 Å². The Hall–Kier alpha value is -1.69. The van der Waals surface area contributed by atoms with Crippen LogP contribution in [0.5, 0.6) is 0 Å². The zero-order valence-electron chi connectivity index (χ0n) is 11.5. The second-order valence-electron chi connectivity index (χ2n) is 5.37. The maximum absolute atomic E-state index is 4.38. The lowest BCUT2D eigenvalue weighted by atomic mass is 9.98. The van der Waals surface area contributed by atoms with Gasteiger partial charge in [0.25, 0.3) is 0 Å². The number of likely N-dealkylation sites (tertiary alicyclic amines) is 1. The molecule has 1 unspecified atom stereocenters. The van der Waals surface area contributed by atoms with E-state index in [1.807, 2.05) is 17.5 Å². The van der Waals surface area contributed by atoms with Crippen LogP contribution in [0.25, 0.3) is 5.65 Å². The van der Waals surface area contributed by atoms with Gasteiger partial charge in [-0.05, 0) is 39.3 Å². The normalized spacial score (nSPS) is 20.8. The van der Waals surface area contributed by atoms with Crippen LogP contribution in [0.2, 0.25) is 0 Å². The number of aromatic nitrogens is 4. The van der Waals surface area contributed by atoms with E-state index in [9.17, 15) is 0 Å². The minimum atomic E-state index is 0.685. The first-order chi connectivity index (χ1) is 9.24. The molecular formula is C13H20N6. The van der Waals surface area contributed by atoms with Crippen LogP contribution in [0, 0.1) is 12.8 Å². The van der Waals surface area contributed by atoms with Gasteiger partial charge in [0.05, 0.1) is 0 Å². The van der Waals surface area contributed by atoms with Gasteiger partial charge in [-0.2, -0.15) is 0 Å². The number of hydrogen-bond donors (Lipinski definition) is 1. The van der Waals surface area contributed by atoms with Crippen LogP contribution in [0.3, 0.4) is 0 Å². The fourth-order valence-corrected chi connectivity index (χ4v) is 2.75. The monoisotopic (exact) mass is 260 g/mol. The second-order valence-corrected chi connectivity index (χ2v) is 5.37. The van der Waals surface area contributed by atoms with Gasteiger partial charge in [-0.15, -0.1) is 10.2 Å². The molecular weight excluding hydrogens is 240 g/mol. The standard InChI is InChI=1S/C13H20N6/c1-10-16-17-13-12(14-5-7-19(10)13)15-8-11-4-3-6-18(2)9-11/h5,7,11H,3-4,6,8-9H2,1-2H3,(H,14,15). The third kappa shape index (κ3) is 2.53. The molecule has 0 saturated carbocycles. The highest BCUT2D eigenvalue weighted by atomic mass is 15.3. The third-order valence-electron chi connectivity index (χ3n) is 3.78. The van der Waals surface area contributed by atoms with Gasteiger partial charge < -0.3 is 10.2 Å². The van der Waals surface area contributed by atoms with Crippen molar-refractivity contribution in [1.82, 2.24) is 24.5 Å². The van der Waals surface area contributed by atoms with Crippen molar-refractivity contribution in [3.63, 3.8) is 0 Å². The van der Waals surface area contributed by atoms with Crippen LogP contribution in [-0.2, 0) is 0 Å². The summed E-state index contributed by atoms with van der Waals surface area (Å²) in [6.45, 7) is 5.26. The Kier molecular flexibility index (Phi) is 3.33. The van der Waals surface area contributed by atoms with Crippen LogP contribution in [-0.4, -0.2) is 51.2 Å². The van der Waals surface area contributed by atoms with Crippen molar-refractivity contribution in [2.75, 3.05) is 32.0 Å². The molecule has 1 saturated heterocycles. The van der Waals surface area contributed by atoms with Crippen molar-refractivity contribution in [3.05, 3.63) is 18.2 Å². The quantitative estimate of drug-likeness (QED) is 0.898. The Bertz CT molecular complexity index is 563. The first kappa shape index (κ1) is 12.3. The smallest absolute Gasteiger partial charge is 0.203 e. The average Bonchev–Trinajstić information content (AvgIpc) is 2.79. The molecule has 3 rings (SSSR count). The minimum Gasteiger partial charge on any atom is -0.367 e. The maximum Gasteiger partial charge on any atom is 0.203 e. The van der Waals surface area contributed by atoms with Crippen LogP contribution >= 0.6 is 0 Å². The summed E-state index contributed by atoms with van der Waals surface area (Å²) in [4.78, 5) is 6.77. The number of nitrogens with zero attached hydrogens (tertiary/aromatic N) is 5. The fraction of sp³-hybridized carbons (Fsp3) is 0.615. The van der Waals surface area contributed by atoms with Crippen molar-refractivity contribution < 1.29 is 0 Å². The molecule has 102 valence electrons. The highest BCUT2D eigenvalue weighted by molar-refractivity contribution is 5.61. The molecule has 6 heteroatoms. The molecule has 0 aliphatic carbocycles. The summed E-state index contributed by atoms with van der Waals surface area (Å²) >= 11 is 0. The van der Waals surface area contributed by atoms with Crippen molar-refractivity contribution in [3.8, 4) is 0 Å². The molecule has 1 fully saturated rings. The Labute approximate surface area is 112 Å². The Morgan fingerprint density at radius 2 is 2.32 bits per heavy atom. The predicted molar refractivity (Wildman–Crippen MR) is 74.2 cm³/mol. The summed E-state index contributed by atoms with van der Waals surface area (Å²) in [6, 6.07) is 0. The lowest BCUT2D eigenvalue weighted by Crippen LogP contribution is -2.35. The molecule has 3 heterocycles. The molecule has 0 bridgehead atoms. The van der Waals surface area contributed by atoms with E-state index in [0.717, 1.165) is 30.4 Å². The van der Waals surface area contributed by atoms with E-state index in [-0.39, 0.29) is 0 Å². The van der Waals surface area contributed by atoms with E-state index in [0.29, 0.717) is 5.92 Å². The lowest BCUT2D eigenvalue weighted by Gasteiger charge is -2.29. The zero-order valence-corrected chi connectivity index (χ0v) is 11.5. The molecule has 1 aliphatic heterocycles. The van der Waals surface area contributed by atoms with Gasteiger partial charge in [0.15, 0.2) is 5.82 Å². The van der Waals surface area contributed by atoms with Crippen LogP contribution < -0.4 is 5.32 Å². The average molecular weight is 260 g/mol. The second kappa shape index (κ2) is 5.13. The largest absolute Gasteiger partial charge is 0.367 e. The molecule has 6 nitrogen and oxygen atoms in total. The molecule has 2 aromatic heterocycles. The van der Waals surface area contributed by atoms with Gasteiger partial charge in [0, 0.05) is 25.5 Å². The fourth-order valence-electron chi connectivity index (χ4n) is 2.75. The van der Waals surface area contributed by atoms with E-state index in [4.69, 9.17) is 0 Å². The summed E-state index contributed by atoms with van der Waals surface area (Å²) in [5.41, 5.74) is 0.809. The molecule has 1 atom stereocenters. The molecule has 0 spiro atoms. The van der Waals surface area contributed by atoms with Crippen molar-refractivity contribution in [2.24, 2.45) is 5.92 Å². The molecule has 0 radical (unpaired) electrons. The van der Waals surface area contributed by atoms with Gasteiger partial charge in [0.2, 0.25) is 5.65 Å². The molecule has 1 N–H and O–H groups in total. The summed E-state index contributed by atoms with van der Waals surface area (Å²) < 4.78 is 1.96. The number of piperidine rings is 1. The van der Waals surface area contributed by atoms with Crippen LogP contribution in [0.4, 0.5) is 5.82 Å². The van der Waals surface area contributed by atoms with Crippen molar-refractivity contribution in [1.29, 1.82) is 0 Å². The van der Waals surface area contributed by atoms with Crippen molar-refractivity contribution >= 4 is 11.5 Å². The van der Waals surface area contributed by atoms with Crippen LogP contribution in [0.1, 0.15) is 18.7 Å². The van der Waals surface area contributed by atoms with E-state index in [1.165, 1.54) is 19.4 Å². The van der Waals surface area contributed by atoms with E-state index in [2.05, 4.69) is 32.4 Å². The van der Waals surface area contributed by atoms with Crippen LogP contribution in [0.15, 0.2) is 12.4 Å². The third-order valence-corrected chi connectivity index (χ3v) is 3.78. The molecule has 1 aliphatic rings. The first-order valence-corrected chi connectivity index (χ1v) is 6.83. The highest BCUT2D eigenvalue weighted by Gasteiger charge is 2.17. The van der Waals surface area contributed by atoms with Gasteiger partial charge in [0.1, 0.15) is 5.82 Å². The number of nitrogens with one attached hydrogen (secondary N) is 1. The van der Waals surface area contributed by atoms with E-state index in [1.54, 1.807) is 6.20 Å². The predicted octanol–water partition coefficient (Wildman–Crippen LogP) is 1.19. The summed E-state index contributed by atoms with van der Waals surface area (Å²) in [6.07, 6.45) is 6.25. The zero-order chi connectivity index (χ0) is 13.2. The number of aryl methyl sites for hydroxylation is 1. The number of anilines is 1. The maximum atomic E-state index is 4.38. The molecule has 19 heavy (non-hydrogen) atoms. The highest BCUT2D eigenvalue weighted by Crippen LogP contribution is 2.17. The van der Waals surface area contributed by atoms with Gasteiger partial charge in [-0.1, -0.05) is 0 Å². The molecule has 2 aromatic rings. The topological polar surface area (TPSA) is 58.4 Å². The Morgan fingerprint density at radius 1 is 1.42 bits per heavy atom. The number of hydrogen-bond acceptors (Lipinski definition) is 5. The van der Waals surface area contributed by atoms with E-state index < -0.39 is 0 Å². The molecule has 0 amide bonds. The van der Waals surface area contributed by atoms with Gasteiger partial charge >= 0.3 is 0 Å². The summed E-state index contributed by atoms with van der Waals surface area (Å²) in [7, 11) is 2.19. The molecule has 0 aromatic carbocycles. The van der Waals surface area contributed by atoms with Gasteiger partial charge in [-0.25, -0.2) is 4.98 Å². The summed E-state index contributed by atoms with van der Waals surface area (Å²) in [5, 5.41) is 11.7. The van der Waals surface area contributed by atoms with Gasteiger partial charge in [-0.3, -0.25) is 4.40 Å².